The molecule has 0 aromatic heterocycles. The molecule has 0 unspecified atom stereocenters. The summed E-state index contributed by atoms with van der Waals surface area (Å²) in [6.07, 6.45) is 8.16. The lowest BCUT2D eigenvalue weighted by molar-refractivity contribution is -0.129. The molecule has 1 saturated carbocycles. The van der Waals surface area contributed by atoms with Crippen molar-refractivity contribution in [3.05, 3.63) is 40.9 Å². The number of likely N-dealkylation sites (N-methyl/N-ethyl adjacent to an activating group) is 1. The number of rotatable bonds is 6. The lowest BCUT2D eigenvalue weighted by atomic mass is 9.86. The van der Waals surface area contributed by atoms with Crippen molar-refractivity contribution in [2.45, 2.75) is 38.6 Å². The highest BCUT2D eigenvalue weighted by Crippen LogP contribution is 2.27. The molecule has 0 atom stereocenters. The van der Waals surface area contributed by atoms with Crippen molar-refractivity contribution in [3.63, 3.8) is 0 Å². The molecule has 1 aromatic rings. The topological polar surface area (TPSA) is 23.6 Å². The number of carbonyl (C=O) groups is 1. The molecule has 5 heteroatoms. The molecule has 0 saturated heterocycles. The first-order chi connectivity index (χ1) is 11.5. The second-order valence-electron chi connectivity index (χ2n) is 7.10. The number of benzene rings is 1. The third kappa shape index (κ3) is 7.01. The van der Waals surface area contributed by atoms with Crippen molar-refractivity contribution in [2.24, 2.45) is 5.92 Å². The number of hydrogen-bond acceptors (Lipinski definition) is 2. The molecule has 1 aliphatic rings. The summed E-state index contributed by atoms with van der Waals surface area (Å²) in [6, 6.07) is 7.97. The van der Waals surface area contributed by atoms with Gasteiger partial charge in [0.2, 0.25) is 5.91 Å². The SMILES string of the molecule is CC1CCC(N(CCN(C)C)C(=O)/C=C/c2ccccc2Cl)CC1.Cl. The Morgan fingerprint density at radius 3 is 2.40 bits per heavy atom. The van der Waals surface area contributed by atoms with Gasteiger partial charge in [-0.2, -0.15) is 0 Å². The molecule has 1 aromatic carbocycles. The molecule has 0 spiro atoms. The Labute approximate surface area is 163 Å². The predicted octanol–water partition coefficient (Wildman–Crippen LogP) is 4.74. The zero-order valence-electron chi connectivity index (χ0n) is 15.5. The van der Waals surface area contributed by atoms with E-state index in [4.69, 9.17) is 11.6 Å². The Morgan fingerprint density at radius 1 is 1.16 bits per heavy atom. The minimum Gasteiger partial charge on any atom is -0.335 e. The Balaban J connectivity index is 0.00000312. The Morgan fingerprint density at radius 2 is 1.80 bits per heavy atom. The monoisotopic (exact) mass is 384 g/mol. The highest BCUT2D eigenvalue weighted by atomic mass is 35.5. The largest absolute Gasteiger partial charge is 0.335 e. The maximum Gasteiger partial charge on any atom is 0.246 e. The highest BCUT2D eigenvalue weighted by molar-refractivity contribution is 6.32. The fourth-order valence-electron chi connectivity index (χ4n) is 3.20. The van der Waals surface area contributed by atoms with E-state index in [1.807, 2.05) is 44.4 Å². The van der Waals surface area contributed by atoms with Crippen LogP contribution >= 0.6 is 24.0 Å². The van der Waals surface area contributed by atoms with Crippen LogP contribution in [0.25, 0.3) is 6.08 Å². The van der Waals surface area contributed by atoms with Crippen molar-refractivity contribution < 1.29 is 4.79 Å². The molecule has 140 valence electrons. The normalized spacial score (nSPS) is 20.5. The van der Waals surface area contributed by atoms with Gasteiger partial charge < -0.3 is 9.80 Å². The van der Waals surface area contributed by atoms with Crippen LogP contribution in [0.2, 0.25) is 5.02 Å². The first-order valence-corrected chi connectivity index (χ1v) is 9.23. The van der Waals surface area contributed by atoms with Crippen LogP contribution in [0.1, 0.15) is 38.2 Å². The molecule has 0 bridgehead atoms. The number of nitrogens with zero attached hydrogens (tertiary/aromatic N) is 2. The van der Waals surface area contributed by atoms with E-state index in [0.717, 1.165) is 37.4 Å². The standard InChI is InChI=1S/C20H29ClN2O.ClH/c1-16-8-11-18(12-9-16)23(15-14-22(2)3)20(24)13-10-17-6-4-5-7-19(17)21;/h4-7,10,13,16,18H,8-9,11-12,14-15H2,1-3H3;1H/b13-10+;. The van der Waals surface area contributed by atoms with E-state index in [1.165, 1.54) is 12.8 Å². The van der Waals surface area contributed by atoms with Crippen LogP contribution < -0.4 is 0 Å². The van der Waals surface area contributed by atoms with Crippen molar-refractivity contribution in [1.29, 1.82) is 0 Å². The third-order valence-electron chi connectivity index (χ3n) is 4.81. The third-order valence-corrected chi connectivity index (χ3v) is 5.15. The van der Waals surface area contributed by atoms with E-state index in [1.54, 1.807) is 6.08 Å². The summed E-state index contributed by atoms with van der Waals surface area (Å²) < 4.78 is 0. The van der Waals surface area contributed by atoms with Gasteiger partial charge in [0.05, 0.1) is 0 Å². The van der Waals surface area contributed by atoms with Crippen LogP contribution in [0.5, 0.6) is 0 Å². The summed E-state index contributed by atoms with van der Waals surface area (Å²) >= 11 is 6.17. The predicted molar refractivity (Wildman–Crippen MR) is 109 cm³/mol. The zero-order chi connectivity index (χ0) is 17.5. The molecule has 0 radical (unpaired) electrons. The summed E-state index contributed by atoms with van der Waals surface area (Å²) in [7, 11) is 4.09. The van der Waals surface area contributed by atoms with E-state index in [2.05, 4.69) is 16.7 Å². The van der Waals surface area contributed by atoms with Gasteiger partial charge in [-0.05, 0) is 63.4 Å². The smallest absolute Gasteiger partial charge is 0.246 e. The molecule has 0 heterocycles. The quantitative estimate of drug-likeness (QED) is 0.660. The fraction of sp³-hybridized carbons (Fsp3) is 0.550. The number of halogens is 2. The molecular weight excluding hydrogens is 355 g/mol. The van der Waals surface area contributed by atoms with Gasteiger partial charge in [-0.25, -0.2) is 0 Å². The van der Waals surface area contributed by atoms with Crippen molar-refractivity contribution in [3.8, 4) is 0 Å². The minimum atomic E-state index is 0. The fourth-order valence-corrected chi connectivity index (χ4v) is 3.40. The summed E-state index contributed by atoms with van der Waals surface area (Å²) in [5.74, 6) is 0.877. The second kappa shape index (κ2) is 10.8. The van der Waals surface area contributed by atoms with Crippen LogP contribution in [0.3, 0.4) is 0 Å². The minimum absolute atomic E-state index is 0. The van der Waals surface area contributed by atoms with Gasteiger partial charge in [0.1, 0.15) is 0 Å². The van der Waals surface area contributed by atoms with Crippen LogP contribution in [0, 0.1) is 5.92 Å². The van der Waals surface area contributed by atoms with Gasteiger partial charge in [0.15, 0.2) is 0 Å². The molecule has 2 rings (SSSR count). The maximum absolute atomic E-state index is 12.8. The van der Waals surface area contributed by atoms with E-state index < -0.39 is 0 Å². The molecular formula is C20H30Cl2N2O. The molecule has 1 aliphatic carbocycles. The average molecular weight is 385 g/mol. The van der Waals surface area contributed by atoms with E-state index in [0.29, 0.717) is 11.1 Å². The van der Waals surface area contributed by atoms with Gasteiger partial charge in [0.25, 0.3) is 0 Å². The highest BCUT2D eigenvalue weighted by Gasteiger charge is 2.26. The molecule has 1 amide bonds. The number of hydrogen-bond donors (Lipinski definition) is 0. The van der Waals surface area contributed by atoms with Crippen molar-refractivity contribution >= 4 is 36.0 Å². The Hall–Kier alpha value is -1.03. The van der Waals surface area contributed by atoms with Gasteiger partial charge in [-0.1, -0.05) is 36.7 Å². The Bertz CT molecular complexity index is 567. The lowest BCUT2D eigenvalue weighted by Gasteiger charge is -2.36. The zero-order valence-corrected chi connectivity index (χ0v) is 17.0. The summed E-state index contributed by atoms with van der Waals surface area (Å²) in [4.78, 5) is 17.0. The maximum atomic E-state index is 12.8. The summed E-state index contributed by atoms with van der Waals surface area (Å²) in [5.41, 5.74) is 0.886. The summed E-state index contributed by atoms with van der Waals surface area (Å²) in [5, 5.41) is 0.674. The van der Waals surface area contributed by atoms with E-state index in [-0.39, 0.29) is 18.3 Å². The van der Waals surface area contributed by atoms with Crippen molar-refractivity contribution in [2.75, 3.05) is 27.2 Å². The molecule has 25 heavy (non-hydrogen) atoms. The van der Waals surface area contributed by atoms with Gasteiger partial charge >= 0.3 is 0 Å². The van der Waals surface area contributed by atoms with E-state index in [9.17, 15) is 4.79 Å². The van der Waals surface area contributed by atoms with Crippen LogP contribution in [0.4, 0.5) is 0 Å². The first-order valence-electron chi connectivity index (χ1n) is 8.85. The molecule has 3 nitrogen and oxygen atoms in total. The summed E-state index contributed by atoms with van der Waals surface area (Å²) in [6.45, 7) is 3.97. The molecule has 0 N–H and O–H groups in total. The molecule has 0 aliphatic heterocycles. The number of carbonyl (C=O) groups excluding carboxylic acids is 1. The number of amides is 1. The van der Waals surface area contributed by atoms with Crippen LogP contribution in [-0.4, -0.2) is 48.9 Å². The lowest BCUT2D eigenvalue weighted by Crippen LogP contribution is -2.44. The van der Waals surface area contributed by atoms with Gasteiger partial charge in [0, 0.05) is 30.2 Å². The van der Waals surface area contributed by atoms with Crippen LogP contribution in [-0.2, 0) is 4.79 Å². The van der Waals surface area contributed by atoms with Crippen molar-refractivity contribution in [1.82, 2.24) is 9.80 Å². The molecule has 1 fully saturated rings. The van der Waals surface area contributed by atoms with E-state index >= 15 is 0 Å². The van der Waals surface area contributed by atoms with Gasteiger partial charge in [-0.15, -0.1) is 12.4 Å². The van der Waals surface area contributed by atoms with Gasteiger partial charge in [-0.3, -0.25) is 4.79 Å². The second-order valence-corrected chi connectivity index (χ2v) is 7.51. The Kier molecular flexibility index (Phi) is 9.55. The average Bonchev–Trinajstić information content (AvgIpc) is 2.55. The first kappa shape index (κ1) is 22.0. The van der Waals surface area contributed by atoms with Crippen LogP contribution in [0.15, 0.2) is 30.3 Å².